The molecule has 3 N–H and O–H groups in total. The number of anilines is 1. The maximum absolute atomic E-state index is 11.5. The summed E-state index contributed by atoms with van der Waals surface area (Å²) in [6, 6.07) is 2.18. The molecule has 1 rings (SSSR count). The molecular weight excluding hydrogens is 204 g/mol. The highest BCUT2D eigenvalue weighted by molar-refractivity contribution is 5.91. The lowest BCUT2D eigenvalue weighted by Crippen LogP contribution is -2.32. The van der Waals surface area contributed by atoms with Gasteiger partial charge in [-0.1, -0.05) is 27.2 Å². The van der Waals surface area contributed by atoms with E-state index in [1.807, 2.05) is 19.9 Å². The van der Waals surface area contributed by atoms with Crippen LogP contribution in [-0.2, 0) is 11.2 Å². The van der Waals surface area contributed by atoms with Crippen molar-refractivity contribution in [2.24, 2.45) is 0 Å². The highest BCUT2D eigenvalue weighted by atomic mass is 16.2. The van der Waals surface area contributed by atoms with Crippen molar-refractivity contribution in [3.63, 3.8) is 0 Å². The molecule has 0 fully saturated rings. The van der Waals surface area contributed by atoms with Crippen molar-refractivity contribution in [2.75, 3.05) is 11.9 Å². The van der Waals surface area contributed by atoms with E-state index in [4.69, 9.17) is 0 Å². The third-order valence-corrected chi connectivity index (χ3v) is 2.09. The normalized spacial score (nSPS) is 10.8. The van der Waals surface area contributed by atoms with E-state index in [-0.39, 0.29) is 5.91 Å². The van der Waals surface area contributed by atoms with Crippen LogP contribution in [0.25, 0.3) is 0 Å². The van der Waals surface area contributed by atoms with Crippen molar-refractivity contribution in [1.82, 2.24) is 15.5 Å². The van der Waals surface area contributed by atoms with E-state index in [1.165, 1.54) is 0 Å². The van der Waals surface area contributed by atoms with Gasteiger partial charge in [0, 0.05) is 17.8 Å². The second-order valence-electron chi connectivity index (χ2n) is 4.11. The molecule has 0 aliphatic rings. The molecule has 0 saturated carbocycles. The third kappa shape index (κ3) is 4.44. The number of rotatable bonds is 6. The second kappa shape index (κ2) is 6.27. The number of nitrogens with one attached hydrogen (secondary N) is 3. The van der Waals surface area contributed by atoms with Gasteiger partial charge in [-0.3, -0.25) is 9.89 Å². The molecule has 1 aromatic heterocycles. The maximum atomic E-state index is 11.5. The van der Waals surface area contributed by atoms with Crippen LogP contribution in [0.3, 0.4) is 0 Å². The van der Waals surface area contributed by atoms with Gasteiger partial charge in [-0.25, -0.2) is 0 Å². The average Bonchev–Trinajstić information content (AvgIpc) is 2.63. The molecule has 90 valence electrons. The van der Waals surface area contributed by atoms with Crippen LogP contribution in [0.1, 0.15) is 32.9 Å². The van der Waals surface area contributed by atoms with Crippen molar-refractivity contribution >= 4 is 11.7 Å². The fraction of sp³-hybridized carbons (Fsp3) is 0.636. The zero-order valence-electron chi connectivity index (χ0n) is 10.1. The van der Waals surface area contributed by atoms with Crippen LogP contribution >= 0.6 is 0 Å². The predicted molar refractivity (Wildman–Crippen MR) is 64.4 cm³/mol. The van der Waals surface area contributed by atoms with E-state index in [0.29, 0.717) is 18.4 Å². The zero-order valence-corrected chi connectivity index (χ0v) is 10.1. The lowest BCUT2D eigenvalue weighted by Gasteiger charge is -2.06. The first-order chi connectivity index (χ1) is 7.61. The highest BCUT2D eigenvalue weighted by Gasteiger charge is 2.05. The van der Waals surface area contributed by atoms with Gasteiger partial charge in [0.1, 0.15) is 0 Å². The van der Waals surface area contributed by atoms with Crippen molar-refractivity contribution in [2.45, 2.75) is 39.7 Å². The summed E-state index contributed by atoms with van der Waals surface area (Å²) in [4.78, 5) is 11.5. The number of carbonyl (C=O) groups excluding carboxylic acids is 1. The minimum absolute atomic E-state index is 0.0664. The van der Waals surface area contributed by atoms with Gasteiger partial charge < -0.3 is 10.6 Å². The van der Waals surface area contributed by atoms with Crippen LogP contribution in [0.15, 0.2) is 6.07 Å². The Labute approximate surface area is 96.0 Å². The average molecular weight is 224 g/mol. The quantitative estimate of drug-likeness (QED) is 0.682. The summed E-state index contributed by atoms with van der Waals surface area (Å²) in [6.07, 6.45) is 2.01. The van der Waals surface area contributed by atoms with Gasteiger partial charge in [0.2, 0.25) is 5.91 Å². The molecule has 1 aromatic rings. The number of nitrogens with zero attached hydrogens (tertiary/aromatic N) is 1. The topological polar surface area (TPSA) is 69.8 Å². The first-order valence-corrected chi connectivity index (χ1v) is 5.69. The molecule has 0 aliphatic carbocycles. The SMILES string of the molecule is CCCc1cc(NC(=O)CNC(C)C)n[nH]1. The highest BCUT2D eigenvalue weighted by Crippen LogP contribution is 2.06. The summed E-state index contributed by atoms with van der Waals surface area (Å²) >= 11 is 0. The molecule has 1 amide bonds. The third-order valence-electron chi connectivity index (χ3n) is 2.09. The Kier molecular flexibility index (Phi) is 4.98. The van der Waals surface area contributed by atoms with Crippen LogP contribution in [0.2, 0.25) is 0 Å². The van der Waals surface area contributed by atoms with Gasteiger partial charge in [0.05, 0.1) is 6.54 Å². The van der Waals surface area contributed by atoms with Gasteiger partial charge in [-0.05, 0) is 6.42 Å². The lowest BCUT2D eigenvalue weighted by atomic mass is 10.2. The summed E-state index contributed by atoms with van der Waals surface area (Å²) in [5.41, 5.74) is 1.05. The fourth-order valence-corrected chi connectivity index (χ4v) is 1.31. The monoisotopic (exact) mass is 224 g/mol. The van der Waals surface area contributed by atoms with Gasteiger partial charge in [-0.15, -0.1) is 0 Å². The molecule has 16 heavy (non-hydrogen) atoms. The number of carbonyl (C=O) groups is 1. The molecule has 0 spiro atoms. The number of amides is 1. The summed E-state index contributed by atoms with van der Waals surface area (Å²) in [7, 11) is 0. The van der Waals surface area contributed by atoms with Gasteiger partial charge in [-0.2, -0.15) is 5.10 Å². The van der Waals surface area contributed by atoms with Crippen LogP contribution in [0.4, 0.5) is 5.82 Å². The van der Waals surface area contributed by atoms with E-state index in [2.05, 4.69) is 27.8 Å². The zero-order chi connectivity index (χ0) is 12.0. The van der Waals surface area contributed by atoms with Crippen molar-refractivity contribution in [3.05, 3.63) is 11.8 Å². The molecule has 0 radical (unpaired) electrons. The minimum Gasteiger partial charge on any atom is -0.308 e. The molecule has 0 aliphatic heterocycles. The Morgan fingerprint density at radius 3 is 2.94 bits per heavy atom. The number of aryl methyl sites for hydroxylation is 1. The van der Waals surface area contributed by atoms with E-state index in [0.717, 1.165) is 18.5 Å². The lowest BCUT2D eigenvalue weighted by molar-refractivity contribution is -0.115. The summed E-state index contributed by atoms with van der Waals surface area (Å²) in [6.45, 7) is 6.42. The van der Waals surface area contributed by atoms with Crippen LogP contribution in [-0.4, -0.2) is 28.7 Å². The van der Waals surface area contributed by atoms with Gasteiger partial charge in [0.15, 0.2) is 5.82 Å². The summed E-state index contributed by atoms with van der Waals surface area (Å²) in [5, 5.41) is 12.7. The molecule has 0 atom stereocenters. The summed E-state index contributed by atoms with van der Waals surface area (Å²) < 4.78 is 0. The Hall–Kier alpha value is -1.36. The smallest absolute Gasteiger partial charge is 0.239 e. The number of H-pyrrole nitrogens is 1. The first kappa shape index (κ1) is 12.7. The Morgan fingerprint density at radius 1 is 1.56 bits per heavy atom. The van der Waals surface area contributed by atoms with E-state index < -0.39 is 0 Å². The van der Waals surface area contributed by atoms with E-state index >= 15 is 0 Å². The molecule has 1 heterocycles. The number of aromatic nitrogens is 2. The van der Waals surface area contributed by atoms with Crippen LogP contribution < -0.4 is 10.6 Å². The van der Waals surface area contributed by atoms with Crippen molar-refractivity contribution in [1.29, 1.82) is 0 Å². The van der Waals surface area contributed by atoms with Crippen molar-refractivity contribution in [3.8, 4) is 0 Å². The van der Waals surface area contributed by atoms with E-state index in [9.17, 15) is 4.79 Å². The second-order valence-corrected chi connectivity index (χ2v) is 4.11. The molecule has 5 heteroatoms. The standard InChI is InChI=1S/C11H20N4O/c1-4-5-9-6-10(15-14-9)13-11(16)7-12-8(2)3/h6,8,12H,4-5,7H2,1-3H3,(H2,13,14,15,16). The predicted octanol–water partition coefficient (Wildman–Crippen LogP) is 1.30. The molecule has 5 nitrogen and oxygen atoms in total. The maximum Gasteiger partial charge on any atom is 0.239 e. The summed E-state index contributed by atoms with van der Waals surface area (Å²) in [5.74, 6) is 0.530. The van der Waals surface area contributed by atoms with Crippen LogP contribution in [0, 0.1) is 0 Å². The molecule has 0 saturated heterocycles. The van der Waals surface area contributed by atoms with E-state index in [1.54, 1.807) is 0 Å². The minimum atomic E-state index is -0.0664. The number of hydrogen-bond donors (Lipinski definition) is 3. The fourth-order valence-electron chi connectivity index (χ4n) is 1.31. The molecule has 0 aromatic carbocycles. The van der Waals surface area contributed by atoms with Gasteiger partial charge >= 0.3 is 0 Å². The Balaban J connectivity index is 2.37. The molecule has 0 unspecified atom stereocenters. The first-order valence-electron chi connectivity index (χ1n) is 5.69. The Bertz CT molecular complexity index is 332. The van der Waals surface area contributed by atoms with Crippen molar-refractivity contribution < 1.29 is 4.79 Å². The molecular formula is C11H20N4O. The molecule has 0 bridgehead atoms. The van der Waals surface area contributed by atoms with Crippen LogP contribution in [0.5, 0.6) is 0 Å². The number of hydrogen-bond acceptors (Lipinski definition) is 3. The van der Waals surface area contributed by atoms with Gasteiger partial charge in [0.25, 0.3) is 0 Å². The number of aromatic amines is 1. The largest absolute Gasteiger partial charge is 0.308 e. The Morgan fingerprint density at radius 2 is 2.31 bits per heavy atom.